The molecule has 2 N–H and O–H groups in total. The molecule has 0 spiro atoms. The number of hydrogen-bond donors (Lipinski definition) is 2. The number of guanidine groups is 1. The molecule has 1 heterocycles. The fraction of sp³-hybridized carbons (Fsp3) is 0.556. The third kappa shape index (κ3) is 4.47. The van der Waals surface area contributed by atoms with Crippen molar-refractivity contribution in [2.45, 2.75) is 38.8 Å². The molecule has 0 atom stereocenters. The molecule has 23 heavy (non-hydrogen) atoms. The van der Waals surface area contributed by atoms with Crippen LogP contribution in [-0.4, -0.2) is 36.9 Å². The molecule has 1 amide bonds. The minimum atomic E-state index is 0.273. The van der Waals surface area contributed by atoms with Crippen molar-refractivity contribution in [3.05, 3.63) is 35.4 Å². The quantitative estimate of drug-likeness (QED) is 0.623. The number of hydrogen-bond acceptors (Lipinski definition) is 2. The lowest BCUT2D eigenvalue weighted by Crippen LogP contribution is -2.38. The average molecular weight is 314 g/mol. The highest BCUT2D eigenvalue weighted by atomic mass is 16.2. The van der Waals surface area contributed by atoms with Crippen LogP contribution < -0.4 is 10.6 Å². The van der Waals surface area contributed by atoms with Crippen LogP contribution in [0.3, 0.4) is 0 Å². The molecule has 2 fully saturated rings. The lowest BCUT2D eigenvalue weighted by molar-refractivity contribution is -0.128. The summed E-state index contributed by atoms with van der Waals surface area (Å²) in [6.45, 7) is 3.32. The summed E-state index contributed by atoms with van der Waals surface area (Å²) in [6, 6.07) is 8.33. The molecule has 1 aromatic rings. The minimum absolute atomic E-state index is 0.273. The van der Waals surface area contributed by atoms with Crippen LogP contribution in [0.5, 0.6) is 0 Å². The van der Waals surface area contributed by atoms with E-state index >= 15 is 0 Å². The second kappa shape index (κ2) is 7.49. The van der Waals surface area contributed by atoms with E-state index < -0.39 is 0 Å². The molecule has 3 rings (SSSR count). The molecule has 5 nitrogen and oxygen atoms in total. The van der Waals surface area contributed by atoms with E-state index in [4.69, 9.17) is 0 Å². The van der Waals surface area contributed by atoms with Crippen LogP contribution in [0.4, 0.5) is 0 Å². The SMILES string of the molecule is CN=C(NCc1ccccc1CN1CCCC1=O)NCC1CC1. The molecular formula is C18H26N4O. The van der Waals surface area contributed by atoms with E-state index in [2.05, 4.69) is 27.8 Å². The maximum absolute atomic E-state index is 11.8. The molecule has 1 saturated heterocycles. The predicted octanol–water partition coefficient (Wildman–Crippen LogP) is 1.88. The molecule has 5 heteroatoms. The Kier molecular flexibility index (Phi) is 5.16. The number of nitrogens with zero attached hydrogens (tertiary/aromatic N) is 2. The molecule has 0 aromatic heterocycles. The zero-order valence-corrected chi connectivity index (χ0v) is 13.8. The fourth-order valence-corrected chi connectivity index (χ4v) is 2.92. The van der Waals surface area contributed by atoms with Gasteiger partial charge in [0.1, 0.15) is 0 Å². The summed E-state index contributed by atoms with van der Waals surface area (Å²) in [7, 11) is 1.80. The Morgan fingerprint density at radius 2 is 2.04 bits per heavy atom. The number of benzene rings is 1. The van der Waals surface area contributed by atoms with Crippen LogP contribution in [0, 0.1) is 5.92 Å². The Morgan fingerprint density at radius 1 is 1.26 bits per heavy atom. The smallest absolute Gasteiger partial charge is 0.222 e. The van der Waals surface area contributed by atoms with Gasteiger partial charge in [-0.3, -0.25) is 9.79 Å². The number of amides is 1. The highest BCUT2D eigenvalue weighted by Gasteiger charge is 2.22. The largest absolute Gasteiger partial charge is 0.356 e. The van der Waals surface area contributed by atoms with Crippen molar-refractivity contribution < 1.29 is 4.79 Å². The highest BCUT2D eigenvalue weighted by Crippen LogP contribution is 2.27. The van der Waals surface area contributed by atoms with Gasteiger partial charge in [-0.15, -0.1) is 0 Å². The number of likely N-dealkylation sites (tertiary alicyclic amines) is 1. The maximum atomic E-state index is 11.8. The summed E-state index contributed by atoms with van der Waals surface area (Å²) in [5.41, 5.74) is 2.44. The van der Waals surface area contributed by atoms with E-state index in [-0.39, 0.29) is 5.91 Å². The number of carbonyl (C=O) groups is 1. The summed E-state index contributed by atoms with van der Waals surface area (Å²) in [4.78, 5) is 18.1. The molecule has 124 valence electrons. The summed E-state index contributed by atoms with van der Waals surface area (Å²) < 4.78 is 0. The normalized spacial score (nSPS) is 18.4. The van der Waals surface area contributed by atoms with E-state index in [1.54, 1.807) is 7.05 Å². The third-order valence-electron chi connectivity index (χ3n) is 4.58. The molecule has 1 aromatic carbocycles. The second-order valence-corrected chi connectivity index (χ2v) is 6.44. The topological polar surface area (TPSA) is 56.7 Å². The van der Waals surface area contributed by atoms with Crippen molar-refractivity contribution in [1.29, 1.82) is 0 Å². The monoisotopic (exact) mass is 314 g/mol. The average Bonchev–Trinajstić information content (AvgIpc) is 3.31. The van der Waals surface area contributed by atoms with Crippen LogP contribution in [0.25, 0.3) is 0 Å². The summed E-state index contributed by atoms with van der Waals surface area (Å²) in [5.74, 6) is 1.95. The van der Waals surface area contributed by atoms with Gasteiger partial charge in [0.2, 0.25) is 5.91 Å². The van der Waals surface area contributed by atoms with Gasteiger partial charge < -0.3 is 15.5 Å². The predicted molar refractivity (Wildman–Crippen MR) is 92.0 cm³/mol. The zero-order chi connectivity index (χ0) is 16.1. The van der Waals surface area contributed by atoms with Gasteiger partial charge >= 0.3 is 0 Å². The van der Waals surface area contributed by atoms with Crippen molar-refractivity contribution in [3.8, 4) is 0 Å². The lowest BCUT2D eigenvalue weighted by atomic mass is 10.1. The molecule has 0 bridgehead atoms. The Balaban J connectivity index is 1.57. The van der Waals surface area contributed by atoms with Crippen LogP contribution in [0.1, 0.15) is 36.8 Å². The van der Waals surface area contributed by atoms with Crippen LogP contribution >= 0.6 is 0 Å². The molecule has 2 aliphatic rings. The summed E-state index contributed by atoms with van der Waals surface area (Å²) in [6.07, 6.45) is 4.34. The molecule has 1 aliphatic heterocycles. The van der Waals surface area contributed by atoms with Crippen LogP contribution in [-0.2, 0) is 17.9 Å². The first-order valence-electron chi connectivity index (χ1n) is 8.55. The molecule has 1 saturated carbocycles. The summed E-state index contributed by atoms with van der Waals surface area (Å²) >= 11 is 0. The first kappa shape index (κ1) is 15.8. The Labute approximate surface area is 138 Å². The standard InChI is InChI=1S/C18H26N4O/c1-19-18(20-11-14-8-9-14)21-12-15-5-2-3-6-16(15)13-22-10-4-7-17(22)23/h2-3,5-6,14H,4,7-13H2,1H3,(H2,19,20,21). The number of rotatable bonds is 6. The Morgan fingerprint density at radius 3 is 2.70 bits per heavy atom. The van der Waals surface area contributed by atoms with Crippen molar-refractivity contribution in [3.63, 3.8) is 0 Å². The van der Waals surface area contributed by atoms with E-state index in [9.17, 15) is 4.79 Å². The van der Waals surface area contributed by atoms with Gasteiger partial charge in [0.15, 0.2) is 5.96 Å². The minimum Gasteiger partial charge on any atom is -0.356 e. The summed E-state index contributed by atoms with van der Waals surface area (Å²) in [5, 5.41) is 6.76. The molecular weight excluding hydrogens is 288 g/mol. The van der Waals surface area contributed by atoms with Crippen molar-refractivity contribution in [2.24, 2.45) is 10.9 Å². The van der Waals surface area contributed by atoms with Gasteiger partial charge in [-0.1, -0.05) is 24.3 Å². The van der Waals surface area contributed by atoms with E-state index in [0.29, 0.717) is 13.0 Å². The Hall–Kier alpha value is -2.04. The second-order valence-electron chi connectivity index (χ2n) is 6.44. The van der Waals surface area contributed by atoms with Crippen LogP contribution in [0.2, 0.25) is 0 Å². The van der Waals surface area contributed by atoms with Crippen molar-refractivity contribution in [1.82, 2.24) is 15.5 Å². The highest BCUT2D eigenvalue weighted by molar-refractivity contribution is 5.79. The zero-order valence-electron chi connectivity index (χ0n) is 13.8. The van der Waals surface area contributed by atoms with Crippen LogP contribution in [0.15, 0.2) is 29.3 Å². The number of nitrogens with one attached hydrogen (secondary N) is 2. The van der Waals surface area contributed by atoms with Gasteiger partial charge in [-0.05, 0) is 36.3 Å². The first-order chi connectivity index (χ1) is 11.3. The Bertz CT molecular complexity index is 580. The fourth-order valence-electron chi connectivity index (χ4n) is 2.92. The van der Waals surface area contributed by atoms with E-state index in [0.717, 1.165) is 37.9 Å². The van der Waals surface area contributed by atoms with Crippen molar-refractivity contribution >= 4 is 11.9 Å². The maximum Gasteiger partial charge on any atom is 0.222 e. The van der Waals surface area contributed by atoms with E-state index in [1.165, 1.54) is 24.0 Å². The number of carbonyl (C=O) groups excluding carboxylic acids is 1. The molecule has 1 aliphatic carbocycles. The third-order valence-corrected chi connectivity index (χ3v) is 4.58. The van der Waals surface area contributed by atoms with Gasteiger partial charge in [0.25, 0.3) is 0 Å². The van der Waals surface area contributed by atoms with Gasteiger partial charge in [0.05, 0.1) is 0 Å². The van der Waals surface area contributed by atoms with Crippen molar-refractivity contribution in [2.75, 3.05) is 20.1 Å². The van der Waals surface area contributed by atoms with Gasteiger partial charge in [-0.2, -0.15) is 0 Å². The first-order valence-corrected chi connectivity index (χ1v) is 8.55. The van der Waals surface area contributed by atoms with Gasteiger partial charge in [0, 0.05) is 39.6 Å². The van der Waals surface area contributed by atoms with Gasteiger partial charge in [-0.25, -0.2) is 0 Å². The number of aliphatic imine (C=N–C) groups is 1. The molecule has 0 radical (unpaired) electrons. The van der Waals surface area contributed by atoms with E-state index in [1.807, 2.05) is 17.0 Å². The molecule has 0 unspecified atom stereocenters. The lowest BCUT2D eigenvalue weighted by Gasteiger charge is -2.19.